The van der Waals surface area contributed by atoms with Gasteiger partial charge in [0.25, 0.3) is 0 Å². The number of nitrogens with one attached hydrogen (secondary N) is 1. The highest BCUT2D eigenvalue weighted by Crippen LogP contribution is 2.31. The number of carbonyl (C=O) groups excluding carboxylic acids is 3. The van der Waals surface area contributed by atoms with Gasteiger partial charge in [0, 0.05) is 13.1 Å². The maximum atomic E-state index is 13.0. The van der Waals surface area contributed by atoms with E-state index in [1.165, 1.54) is 4.90 Å². The molecule has 1 unspecified atom stereocenters. The third-order valence-electron chi connectivity index (χ3n) is 4.29. The van der Waals surface area contributed by atoms with E-state index in [0.29, 0.717) is 11.3 Å². The molecule has 1 fully saturated rings. The summed E-state index contributed by atoms with van der Waals surface area (Å²) in [4.78, 5) is 38.5. The third kappa shape index (κ3) is 3.10. The molecule has 0 aliphatic carbocycles. The Bertz CT molecular complexity index is 792. The second-order valence-electron chi connectivity index (χ2n) is 5.85. The molecule has 128 valence electrons. The van der Waals surface area contributed by atoms with Crippen molar-refractivity contribution >= 4 is 17.8 Å². The minimum absolute atomic E-state index is 0.222. The molecule has 1 saturated heterocycles. The fourth-order valence-corrected chi connectivity index (χ4v) is 2.85. The summed E-state index contributed by atoms with van der Waals surface area (Å²) < 4.78 is 5.51. The smallest absolute Gasteiger partial charge is 0.341 e. The van der Waals surface area contributed by atoms with Crippen LogP contribution >= 0.6 is 0 Å². The van der Waals surface area contributed by atoms with Crippen molar-refractivity contribution in [2.24, 2.45) is 0 Å². The Morgan fingerprint density at radius 2 is 1.64 bits per heavy atom. The molecular weight excluding hydrogens is 320 g/mol. The Labute approximate surface area is 145 Å². The Balaban J connectivity index is 2.01. The first-order valence-corrected chi connectivity index (χ1v) is 7.96. The van der Waals surface area contributed by atoms with Gasteiger partial charge in [-0.05, 0) is 24.6 Å². The molecule has 6 heteroatoms. The number of esters is 1. The maximum Gasteiger partial charge on any atom is 0.341 e. The second kappa shape index (κ2) is 6.76. The van der Waals surface area contributed by atoms with E-state index in [0.717, 1.165) is 0 Å². The zero-order valence-electron chi connectivity index (χ0n) is 13.8. The molecule has 1 N–H and O–H groups in total. The lowest BCUT2D eigenvalue weighted by Crippen LogP contribution is -2.62. The first kappa shape index (κ1) is 16.7. The van der Waals surface area contributed by atoms with E-state index in [1.807, 2.05) is 12.1 Å². The Morgan fingerprint density at radius 1 is 1.04 bits per heavy atom. The van der Waals surface area contributed by atoms with Gasteiger partial charge in [0.2, 0.25) is 0 Å². The zero-order chi connectivity index (χ0) is 17.9. The number of hydrogen-bond acceptors (Lipinski definition) is 4. The monoisotopic (exact) mass is 338 g/mol. The maximum absolute atomic E-state index is 13.0. The van der Waals surface area contributed by atoms with E-state index in [4.69, 9.17) is 4.74 Å². The largest absolute Gasteiger partial charge is 0.425 e. The van der Waals surface area contributed by atoms with Gasteiger partial charge in [-0.25, -0.2) is 4.79 Å². The summed E-state index contributed by atoms with van der Waals surface area (Å²) in [6.07, 6.45) is 0. The highest BCUT2D eigenvalue weighted by atomic mass is 16.5. The van der Waals surface area contributed by atoms with Crippen LogP contribution in [0.4, 0.5) is 0 Å². The number of hydrogen-bond donors (Lipinski definition) is 1. The van der Waals surface area contributed by atoms with Crippen LogP contribution in [0.1, 0.15) is 12.5 Å². The van der Waals surface area contributed by atoms with Crippen LogP contribution in [0, 0.1) is 0 Å². The van der Waals surface area contributed by atoms with Crippen molar-refractivity contribution < 1.29 is 19.1 Å². The van der Waals surface area contributed by atoms with E-state index < -0.39 is 23.3 Å². The quantitative estimate of drug-likeness (QED) is 0.520. The first-order chi connectivity index (χ1) is 12.0. The molecule has 0 radical (unpaired) electrons. The normalized spacial score (nSPS) is 16.8. The van der Waals surface area contributed by atoms with E-state index in [2.05, 4.69) is 5.32 Å². The number of nitrogens with zero attached hydrogens (tertiary/aromatic N) is 1. The van der Waals surface area contributed by atoms with Crippen molar-refractivity contribution in [1.82, 2.24) is 10.2 Å². The summed E-state index contributed by atoms with van der Waals surface area (Å²) in [6.45, 7) is 2.11. The Hall–Kier alpha value is -3.15. The van der Waals surface area contributed by atoms with Crippen LogP contribution in [-0.4, -0.2) is 35.8 Å². The SMILES string of the molecule is CC(C(=O)Oc1ccccc1)(c1ccccc1)N1CCNC(=O)C1=O. The minimum atomic E-state index is -1.41. The molecule has 1 aliphatic heterocycles. The van der Waals surface area contributed by atoms with Gasteiger partial charge in [-0.1, -0.05) is 48.5 Å². The molecule has 0 saturated carbocycles. The van der Waals surface area contributed by atoms with Crippen LogP contribution in [0.25, 0.3) is 0 Å². The van der Waals surface area contributed by atoms with Crippen molar-refractivity contribution in [3.63, 3.8) is 0 Å². The van der Waals surface area contributed by atoms with E-state index in [9.17, 15) is 14.4 Å². The fourth-order valence-electron chi connectivity index (χ4n) is 2.85. The number of ether oxygens (including phenoxy) is 1. The summed E-state index contributed by atoms with van der Waals surface area (Å²) >= 11 is 0. The predicted molar refractivity (Wildman–Crippen MR) is 90.6 cm³/mol. The number of piperazine rings is 1. The van der Waals surface area contributed by atoms with Crippen molar-refractivity contribution in [2.45, 2.75) is 12.5 Å². The van der Waals surface area contributed by atoms with E-state index >= 15 is 0 Å². The lowest BCUT2D eigenvalue weighted by molar-refractivity contribution is -0.162. The van der Waals surface area contributed by atoms with Gasteiger partial charge in [0.15, 0.2) is 5.54 Å². The van der Waals surface area contributed by atoms with Gasteiger partial charge in [-0.2, -0.15) is 0 Å². The van der Waals surface area contributed by atoms with E-state index in [-0.39, 0.29) is 13.1 Å². The minimum Gasteiger partial charge on any atom is -0.425 e. The molecule has 1 heterocycles. The Morgan fingerprint density at radius 3 is 2.28 bits per heavy atom. The average Bonchev–Trinajstić information content (AvgIpc) is 2.65. The molecule has 3 rings (SSSR count). The number of benzene rings is 2. The molecule has 1 atom stereocenters. The molecular formula is C19H18N2O4. The third-order valence-corrected chi connectivity index (χ3v) is 4.29. The molecule has 2 aromatic carbocycles. The molecule has 0 aromatic heterocycles. The number of para-hydroxylation sites is 1. The second-order valence-corrected chi connectivity index (χ2v) is 5.85. The topological polar surface area (TPSA) is 75.7 Å². The van der Waals surface area contributed by atoms with Gasteiger partial charge in [0.05, 0.1) is 0 Å². The summed E-state index contributed by atoms with van der Waals surface area (Å²) in [5.41, 5.74) is -0.828. The summed E-state index contributed by atoms with van der Waals surface area (Å²) in [5, 5.41) is 2.49. The van der Waals surface area contributed by atoms with Gasteiger partial charge < -0.3 is 15.0 Å². The zero-order valence-corrected chi connectivity index (χ0v) is 13.8. The highest BCUT2D eigenvalue weighted by molar-refractivity contribution is 6.36. The van der Waals surface area contributed by atoms with Crippen LogP contribution < -0.4 is 10.1 Å². The van der Waals surface area contributed by atoms with Crippen LogP contribution in [0.2, 0.25) is 0 Å². The fraction of sp³-hybridized carbons (Fsp3) is 0.211. The standard InChI is InChI=1S/C19H18N2O4/c1-19(14-8-4-2-5-9-14,21-13-12-20-16(22)17(21)23)18(24)25-15-10-6-3-7-11-15/h2-11H,12-13H2,1H3,(H,20,22). The lowest BCUT2D eigenvalue weighted by atomic mass is 9.89. The Kier molecular flexibility index (Phi) is 4.52. The molecule has 2 amide bonds. The predicted octanol–water partition coefficient (Wildman–Crippen LogP) is 1.47. The van der Waals surface area contributed by atoms with Crippen molar-refractivity contribution in [1.29, 1.82) is 0 Å². The van der Waals surface area contributed by atoms with E-state index in [1.54, 1.807) is 55.5 Å². The van der Waals surface area contributed by atoms with Crippen molar-refractivity contribution in [3.8, 4) is 5.75 Å². The molecule has 0 spiro atoms. The first-order valence-electron chi connectivity index (χ1n) is 7.96. The van der Waals surface area contributed by atoms with Crippen molar-refractivity contribution in [2.75, 3.05) is 13.1 Å². The summed E-state index contributed by atoms with van der Waals surface area (Å²) in [6, 6.07) is 17.5. The molecule has 25 heavy (non-hydrogen) atoms. The van der Waals surface area contributed by atoms with Gasteiger partial charge in [-0.15, -0.1) is 0 Å². The highest BCUT2D eigenvalue weighted by Gasteiger charge is 2.48. The summed E-state index contributed by atoms with van der Waals surface area (Å²) in [7, 11) is 0. The van der Waals surface area contributed by atoms with Gasteiger partial charge in [0.1, 0.15) is 5.75 Å². The summed E-state index contributed by atoms with van der Waals surface area (Å²) in [5.74, 6) is -1.71. The lowest BCUT2D eigenvalue weighted by Gasteiger charge is -2.40. The number of rotatable bonds is 4. The molecule has 1 aliphatic rings. The number of carbonyl (C=O) groups is 3. The van der Waals surface area contributed by atoms with Crippen LogP contribution in [0.3, 0.4) is 0 Å². The van der Waals surface area contributed by atoms with Crippen LogP contribution in [0.5, 0.6) is 5.75 Å². The number of amides is 2. The van der Waals surface area contributed by atoms with Crippen molar-refractivity contribution in [3.05, 3.63) is 66.2 Å². The van der Waals surface area contributed by atoms with Gasteiger partial charge in [-0.3, -0.25) is 9.59 Å². The molecule has 2 aromatic rings. The molecule has 0 bridgehead atoms. The molecule has 6 nitrogen and oxygen atoms in total. The van der Waals surface area contributed by atoms with Crippen LogP contribution in [0.15, 0.2) is 60.7 Å². The average molecular weight is 338 g/mol. The van der Waals surface area contributed by atoms with Crippen LogP contribution in [-0.2, 0) is 19.9 Å². The van der Waals surface area contributed by atoms with Gasteiger partial charge >= 0.3 is 17.8 Å².